The number of likely N-dealkylation sites (N-methyl/N-ethyl adjacent to an activating group) is 1. The maximum Gasteiger partial charge on any atom is 0.119 e. The number of hydrogen-bond acceptors (Lipinski definition) is 3. The molecule has 1 aromatic rings. The number of piperidine rings is 1. The molecule has 1 saturated heterocycles. The summed E-state index contributed by atoms with van der Waals surface area (Å²) in [5, 5.41) is 3.34. The largest absolute Gasteiger partial charge is 0.492 e. The number of benzene rings is 1. The summed E-state index contributed by atoms with van der Waals surface area (Å²) in [5.74, 6) is 0.996. The molecule has 0 aliphatic carbocycles. The van der Waals surface area contributed by atoms with E-state index in [0.29, 0.717) is 12.1 Å². The van der Waals surface area contributed by atoms with Crippen LogP contribution in [0, 0.1) is 0 Å². The van der Waals surface area contributed by atoms with Crippen molar-refractivity contribution in [3.63, 3.8) is 0 Å². The molecule has 0 aromatic heterocycles. The van der Waals surface area contributed by atoms with Crippen LogP contribution in [0.5, 0.6) is 5.75 Å². The zero-order valence-corrected chi connectivity index (χ0v) is 13.1. The average molecular weight is 276 g/mol. The summed E-state index contributed by atoms with van der Waals surface area (Å²) in [5.41, 5.74) is 1.31. The Morgan fingerprint density at radius 3 is 2.95 bits per heavy atom. The minimum absolute atomic E-state index is 0.413. The van der Waals surface area contributed by atoms with Gasteiger partial charge >= 0.3 is 0 Å². The third kappa shape index (κ3) is 3.97. The molecule has 0 spiro atoms. The number of likely N-dealkylation sites (tertiary alicyclic amines) is 1. The lowest BCUT2D eigenvalue weighted by Crippen LogP contribution is -2.40. The third-order valence-corrected chi connectivity index (χ3v) is 4.38. The van der Waals surface area contributed by atoms with Crippen molar-refractivity contribution in [2.24, 2.45) is 0 Å². The molecule has 1 heterocycles. The molecule has 0 amide bonds. The molecule has 0 bridgehead atoms. The summed E-state index contributed by atoms with van der Waals surface area (Å²) in [7, 11) is 4.22. The topological polar surface area (TPSA) is 24.5 Å². The van der Waals surface area contributed by atoms with Crippen LogP contribution in [0.2, 0.25) is 0 Å². The first-order valence-electron chi connectivity index (χ1n) is 7.85. The van der Waals surface area contributed by atoms with Gasteiger partial charge in [-0.15, -0.1) is 0 Å². The second-order valence-corrected chi connectivity index (χ2v) is 5.76. The SMILES string of the molecule is CCC(NC)c1cccc(OCC2CCCCN2C)c1. The van der Waals surface area contributed by atoms with E-state index in [1.165, 1.54) is 31.4 Å². The zero-order chi connectivity index (χ0) is 14.4. The average Bonchev–Trinajstić information content (AvgIpc) is 2.48. The lowest BCUT2D eigenvalue weighted by Gasteiger charge is -2.32. The van der Waals surface area contributed by atoms with Gasteiger partial charge in [-0.05, 0) is 57.6 Å². The van der Waals surface area contributed by atoms with Crippen LogP contribution in [0.1, 0.15) is 44.2 Å². The number of ether oxygens (including phenoxy) is 1. The molecule has 1 aliphatic heterocycles. The van der Waals surface area contributed by atoms with Crippen molar-refractivity contribution < 1.29 is 4.74 Å². The highest BCUT2D eigenvalue weighted by molar-refractivity contribution is 5.30. The smallest absolute Gasteiger partial charge is 0.119 e. The van der Waals surface area contributed by atoms with Crippen LogP contribution in [-0.4, -0.2) is 38.2 Å². The first kappa shape index (κ1) is 15.3. The van der Waals surface area contributed by atoms with Gasteiger partial charge in [-0.3, -0.25) is 0 Å². The number of rotatable bonds is 6. The molecule has 0 saturated carbocycles. The van der Waals surface area contributed by atoms with Crippen molar-refractivity contribution in [2.75, 3.05) is 27.2 Å². The Morgan fingerprint density at radius 2 is 2.25 bits per heavy atom. The third-order valence-electron chi connectivity index (χ3n) is 4.38. The molecule has 2 unspecified atom stereocenters. The fourth-order valence-electron chi connectivity index (χ4n) is 2.97. The van der Waals surface area contributed by atoms with Crippen molar-refractivity contribution >= 4 is 0 Å². The van der Waals surface area contributed by atoms with E-state index in [0.717, 1.165) is 18.8 Å². The Balaban J connectivity index is 1.94. The van der Waals surface area contributed by atoms with Crippen molar-refractivity contribution in [3.8, 4) is 5.75 Å². The molecule has 1 aliphatic rings. The number of nitrogens with one attached hydrogen (secondary N) is 1. The predicted octanol–water partition coefficient (Wildman–Crippen LogP) is 3.22. The lowest BCUT2D eigenvalue weighted by atomic mass is 10.0. The first-order chi connectivity index (χ1) is 9.74. The Labute approximate surface area is 123 Å². The summed E-state index contributed by atoms with van der Waals surface area (Å²) in [6, 6.07) is 9.48. The number of hydrogen-bond donors (Lipinski definition) is 1. The van der Waals surface area contributed by atoms with Gasteiger partial charge in [0.05, 0.1) is 0 Å². The van der Waals surface area contributed by atoms with E-state index in [2.05, 4.69) is 48.5 Å². The first-order valence-corrected chi connectivity index (χ1v) is 7.85. The van der Waals surface area contributed by atoms with E-state index in [-0.39, 0.29) is 0 Å². The van der Waals surface area contributed by atoms with Crippen molar-refractivity contribution in [3.05, 3.63) is 29.8 Å². The van der Waals surface area contributed by atoms with E-state index in [4.69, 9.17) is 4.74 Å². The van der Waals surface area contributed by atoms with Gasteiger partial charge in [0.15, 0.2) is 0 Å². The Kier molecular flexibility index (Phi) is 5.86. The van der Waals surface area contributed by atoms with E-state index in [9.17, 15) is 0 Å². The fourth-order valence-corrected chi connectivity index (χ4v) is 2.97. The van der Waals surface area contributed by atoms with Crippen LogP contribution in [0.25, 0.3) is 0 Å². The molecule has 112 valence electrons. The van der Waals surface area contributed by atoms with E-state index in [1.807, 2.05) is 7.05 Å². The van der Waals surface area contributed by atoms with Crippen molar-refractivity contribution in [1.29, 1.82) is 0 Å². The van der Waals surface area contributed by atoms with Crippen molar-refractivity contribution in [2.45, 2.75) is 44.7 Å². The van der Waals surface area contributed by atoms with Crippen LogP contribution in [0.4, 0.5) is 0 Å². The van der Waals surface area contributed by atoms with E-state index >= 15 is 0 Å². The maximum atomic E-state index is 6.03. The monoisotopic (exact) mass is 276 g/mol. The highest BCUT2D eigenvalue weighted by Gasteiger charge is 2.19. The van der Waals surface area contributed by atoms with Gasteiger partial charge in [0.2, 0.25) is 0 Å². The van der Waals surface area contributed by atoms with Crippen LogP contribution >= 0.6 is 0 Å². The lowest BCUT2D eigenvalue weighted by molar-refractivity contribution is 0.125. The van der Waals surface area contributed by atoms with Gasteiger partial charge in [0.1, 0.15) is 12.4 Å². The Hall–Kier alpha value is -1.06. The molecule has 1 fully saturated rings. The molecule has 2 rings (SSSR count). The standard InChI is InChI=1S/C17H28N2O/c1-4-17(18-2)14-8-7-10-16(12-14)20-13-15-9-5-6-11-19(15)3/h7-8,10,12,15,17-18H,4-6,9,11,13H2,1-3H3. The van der Waals surface area contributed by atoms with Gasteiger partial charge < -0.3 is 15.0 Å². The van der Waals surface area contributed by atoms with Gasteiger partial charge in [-0.25, -0.2) is 0 Å². The van der Waals surface area contributed by atoms with Crippen molar-refractivity contribution in [1.82, 2.24) is 10.2 Å². The van der Waals surface area contributed by atoms with Crippen LogP contribution in [-0.2, 0) is 0 Å². The van der Waals surface area contributed by atoms with Crippen LogP contribution in [0.15, 0.2) is 24.3 Å². The van der Waals surface area contributed by atoms with Gasteiger partial charge in [-0.1, -0.05) is 25.5 Å². The molecule has 20 heavy (non-hydrogen) atoms. The summed E-state index contributed by atoms with van der Waals surface area (Å²) < 4.78 is 6.03. The summed E-state index contributed by atoms with van der Waals surface area (Å²) in [6.45, 7) is 4.20. The molecule has 3 nitrogen and oxygen atoms in total. The summed E-state index contributed by atoms with van der Waals surface area (Å²) in [6.07, 6.45) is 4.99. The Bertz CT molecular complexity index is 404. The number of nitrogens with zero attached hydrogens (tertiary/aromatic N) is 1. The molecule has 1 aromatic carbocycles. The minimum Gasteiger partial charge on any atom is -0.492 e. The van der Waals surface area contributed by atoms with Gasteiger partial charge in [0, 0.05) is 12.1 Å². The molecular formula is C17H28N2O. The predicted molar refractivity (Wildman–Crippen MR) is 84.3 cm³/mol. The Morgan fingerprint density at radius 1 is 1.40 bits per heavy atom. The molecule has 3 heteroatoms. The van der Waals surface area contributed by atoms with E-state index < -0.39 is 0 Å². The highest BCUT2D eigenvalue weighted by Crippen LogP contribution is 2.22. The minimum atomic E-state index is 0.413. The second-order valence-electron chi connectivity index (χ2n) is 5.76. The normalized spacial score (nSPS) is 21.6. The fraction of sp³-hybridized carbons (Fsp3) is 0.647. The van der Waals surface area contributed by atoms with Gasteiger partial charge in [-0.2, -0.15) is 0 Å². The second kappa shape index (κ2) is 7.65. The molecule has 1 N–H and O–H groups in total. The van der Waals surface area contributed by atoms with Gasteiger partial charge in [0.25, 0.3) is 0 Å². The molecule has 0 radical (unpaired) electrons. The van der Waals surface area contributed by atoms with E-state index in [1.54, 1.807) is 0 Å². The quantitative estimate of drug-likeness (QED) is 0.863. The molecular weight excluding hydrogens is 248 g/mol. The summed E-state index contributed by atoms with van der Waals surface area (Å²) in [4.78, 5) is 2.43. The maximum absolute atomic E-state index is 6.03. The van der Waals surface area contributed by atoms with Crippen LogP contribution < -0.4 is 10.1 Å². The summed E-state index contributed by atoms with van der Waals surface area (Å²) >= 11 is 0. The highest BCUT2D eigenvalue weighted by atomic mass is 16.5. The van der Waals surface area contributed by atoms with Crippen LogP contribution in [0.3, 0.4) is 0 Å². The molecule has 2 atom stereocenters. The zero-order valence-electron chi connectivity index (χ0n) is 13.1.